The number of Topliss-reactive ketones (excluding diaryl/α,β-unsaturated/α-hetero) is 1. The van der Waals surface area contributed by atoms with Crippen LogP contribution in [0.5, 0.6) is 5.75 Å². The Morgan fingerprint density at radius 2 is 1.95 bits per heavy atom. The zero-order valence-corrected chi connectivity index (χ0v) is 22.7. The molecule has 6 rings (SSSR count). The Balaban J connectivity index is 1.23. The number of carbonyl (C=O) groups excluding carboxylic acids is 1. The number of nitrogens with one attached hydrogen (secondary N) is 1. The topological polar surface area (TPSA) is 124 Å². The molecule has 0 saturated carbocycles. The van der Waals surface area contributed by atoms with Crippen LogP contribution in [0.15, 0.2) is 66.4 Å². The Morgan fingerprint density at radius 1 is 1.15 bits per heavy atom. The minimum atomic E-state index is -0.454. The van der Waals surface area contributed by atoms with Gasteiger partial charge in [-0.3, -0.25) is 4.79 Å². The van der Waals surface area contributed by atoms with E-state index in [2.05, 4.69) is 45.2 Å². The lowest BCUT2D eigenvalue weighted by Gasteiger charge is -2.28. The molecule has 2 aromatic heterocycles. The third kappa shape index (κ3) is 5.85. The molecule has 1 fully saturated rings. The average molecular weight is 550 g/mol. The molecular formula is C32H31N5O4. The van der Waals surface area contributed by atoms with E-state index in [-0.39, 0.29) is 18.3 Å². The van der Waals surface area contributed by atoms with Crippen LogP contribution < -0.4 is 9.64 Å². The summed E-state index contributed by atoms with van der Waals surface area (Å²) in [5.41, 5.74) is 6.70. The highest BCUT2D eigenvalue weighted by Gasteiger charge is 2.21. The summed E-state index contributed by atoms with van der Waals surface area (Å²) in [6, 6.07) is 18.1. The van der Waals surface area contributed by atoms with Crippen LogP contribution in [0.3, 0.4) is 0 Å². The molecule has 1 atom stereocenters. The quantitative estimate of drug-likeness (QED) is 0.300. The van der Waals surface area contributed by atoms with Gasteiger partial charge in [-0.1, -0.05) is 17.7 Å². The van der Waals surface area contributed by atoms with Crippen molar-refractivity contribution in [3.05, 3.63) is 71.9 Å². The number of benzene rings is 2. The minimum absolute atomic E-state index is 0.128. The summed E-state index contributed by atoms with van der Waals surface area (Å²) in [4.78, 5) is 26.7. The number of nitrogens with zero attached hydrogens (tertiary/aromatic N) is 4. The molecule has 1 saturated heterocycles. The van der Waals surface area contributed by atoms with E-state index in [9.17, 15) is 10.1 Å². The molecule has 9 nitrogen and oxygen atoms in total. The van der Waals surface area contributed by atoms with Crippen molar-refractivity contribution in [2.45, 2.75) is 31.8 Å². The lowest BCUT2D eigenvalue weighted by Crippen LogP contribution is -2.36. The molecule has 2 N–H and O–H groups in total. The van der Waals surface area contributed by atoms with Gasteiger partial charge in [0.1, 0.15) is 30.4 Å². The molecule has 208 valence electrons. The third-order valence-corrected chi connectivity index (χ3v) is 7.63. The normalized spacial score (nSPS) is 17.2. The van der Waals surface area contributed by atoms with Crippen LogP contribution in [0.1, 0.15) is 31.2 Å². The van der Waals surface area contributed by atoms with Crippen molar-refractivity contribution in [1.29, 1.82) is 5.26 Å². The second-order valence-corrected chi connectivity index (χ2v) is 10.4. The monoisotopic (exact) mass is 549 g/mol. The van der Waals surface area contributed by atoms with Crippen molar-refractivity contribution in [3.63, 3.8) is 0 Å². The summed E-state index contributed by atoms with van der Waals surface area (Å²) in [5.74, 6) is 1.05. The van der Waals surface area contributed by atoms with E-state index in [0.717, 1.165) is 78.4 Å². The van der Waals surface area contributed by atoms with Crippen LogP contribution in [0.25, 0.3) is 33.7 Å². The summed E-state index contributed by atoms with van der Waals surface area (Å²) in [5, 5.41) is 19.0. The number of fused-ring (bicyclic) bond motifs is 1. The molecule has 0 amide bonds. The molecule has 1 aliphatic carbocycles. The molecule has 41 heavy (non-hydrogen) atoms. The Kier molecular flexibility index (Phi) is 7.76. The predicted octanol–water partition coefficient (Wildman–Crippen LogP) is 4.81. The number of imidazole rings is 1. The Bertz CT molecular complexity index is 1630. The molecule has 0 bridgehead atoms. The molecule has 0 radical (unpaired) electrons. The van der Waals surface area contributed by atoms with Gasteiger partial charge in [-0.05, 0) is 60.9 Å². The number of anilines is 1. The first-order valence-corrected chi connectivity index (χ1v) is 13.9. The molecule has 3 heterocycles. The Hall–Kier alpha value is -4.52. The lowest BCUT2D eigenvalue weighted by molar-refractivity contribution is -0.121. The van der Waals surface area contributed by atoms with E-state index in [0.29, 0.717) is 23.4 Å². The van der Waals surface area contributed by atoms with Gasteiger partial charge in [-0.25, -0.2) is 9.97 Å². The molecule has 9 heteroatoms. The van der Waals surface area contributed by atoms with E-state index >= 15 is 0 Å². The van der Waals surface area contributed by atoms with Gasteiger partial charge >= 0.3 is 0 Å². The van der Waals surface area contributed by atoms with Crippen molar-refractivity contribution >= 4 is 22.6 Å². The number of aromatic amines is 1. The highest BCUT2D eigenvalue weighted by molar-refractivity contribution is 5.92. The number of nitriles is 1. The number of rotatable bonds is 8. The number of ketones is 1. The van der Waals surface area contributed by atoms with Crippen LogP contribution >= 0.6 is 0 Å². The van der Waals surface area contributed by atoms with Gasteiger partial charge in [0.2, 0.25) is 0 Å². The van der Waals surface area contributed by atoms with E-state index in [1.807, 2.05) is 30.3 Å². The zero-order valence-electron chi connectivity index (χ0n) is 22.7. The first-order chi connectivity index (χ1) is 20.1. The van der Waals surface area contributed by atoms with E-state index in [1.54, 1.807) is 6.20 Å². The van der Waals surface area contributed by atoms with E-state index in [1.165, 1.54) is 0 Å². The highest BCUT2D eigenvalue weighted by atomic mass is 16.5. The van der Waals surface area contributed by atoms with Crippen molar-refractivity contribution in [3.8, 4) is 34.3 Å². The standard InChI is InChI=1S/C32H31N5O4/c33-19-24-18-23(6-9-29(24)41-27-3-1-2-21(17-27)16-26(39)20-38)28-10-11-34-32-30(28)35-31(36-32)22-4-7-25(8-5-22)37-12-14-40-15-13-37/h2,4-11,18,27,38H,1,3,12-17,20H2,(H,34,35,36)/t27-/m1/s1. The summed E-state index contributed by atoms with van der Waals surface area (Å²) >= 11 is 0. The van der Waals surface area contributed by atoms with Crippen molar-refractivity contribution in [2.75, 3.05) is 37.8 Å². The molecule has 1 aliphatic heterocycles. The number of aliphatic hydroxyl groups is 1. The lowest BCUT2D eigenvalue weighted by atomic mass is 9.93. The second kappa shape index (κ2) is 11.9. The average Bonchev–Trinajstić information content (AvgIpc) is 3.47. The molecule has 2 aliphatic rings. The fourth-order valence-corrected chi connectivity index (χ4v) is 5.51. The minimum Gasteiger partial charge on any atom is -0.489 e. The third-order valence-electron chi connectivity index (χ3n) is 7.63. The van der Waals surface area contributed by atoms with Crippen LogP contribution in [0.4, 0.5) is 5.69 Å². The number of morpholine rings is 1. The number of hydrogen-bond acceptors (Lipinski definition) is 8. The van der Waals surface area contributed by atoms with Gasteiger partial charge in [0.15, 0.2) is 11.4 Å². The molecule has 0 spiro atoms. The molecule has 2 aromatic carbocycles. The number of hydrogen-bond donors (Lipinski definition) is 2. The highest BCUT2D eigenvalue weighted by Crippen LogP contribution is 2.34. The number of H-pyrrole nitrogens is 1. The Labute approximate surface area is 238 Å². The van der Waals surface area contributed by atoms with Crippen LogP contribution in [0, 0.1) is 11.3 Å². The van der Waals surface area contributed by atoms with E-state index in [4.69, 9.17) is 19.6 Å². The summed E-state index contributed by atoms with van der Waals surface area (Å²) < 4.78 is 11.7. The van der Waals surface area contributed by atoms with Crippen LogP contribution in [0.2, 0.25) is 0 Å². The SMILES string of the molecule is N#Cc1cc(-c2ccnc3nc(-c4ccc(N5CCOCC5)cc4)[nH]c23)ccc1O[C@@H]1CCC=C(CC(=O)CO)C1. The first-order valence-electron chi connectivity index (χ1n) is 13.9. The van der Waals surface area contributed by atoms with Gasteiger partial charge in [0.05, 0.1) is 24.3 Å². The fraction of sp³-hybridized carbons (Fsp3) is 0.312. The van der Waals surface area contributed by atoms with Gasteiger partial charge < -0.3 is 24.5 Å². The second-order valence-electron chi connectivity index (χ2n) is 10.4. The largest absolute Gasteiger partial charge is 0.489 e. The number of aliphatic hydroxyl groups excluding tert-OH is 1. The smallest absolute Gasteiger partial charge is 0.178 e. The summed E-state index contributed by atoms with van der Waals surface area (Å²) in [6.45, 7) is 2.80. The number of allylic oxidation sites excluding steroid dienone is 1. The van der Waals surface area contributed by atoms with Gasteiger partial charge in [0.25, 0.3) is 0 Å². The molecule has 4 aromatic rings. The number of aromatic nitrogens is 3. The summed E-state index contributed by atoms with van der Waals surface area (Å²) in [7, 11) is 0. The fourth-order valence-electron chi connectivity index (χ4n) is 5.51. The zero-order chi connectivity index (χ0) is 28.2. The van der Waals surface area contributed by atoms with Crippen molar-refractivity contribution in [2.24, 2.45) is 0 Å². The van der Waals surface area contributed by atoms with Crippen molar-refractivity contribution in [1.82, 2.24) is 15.0 Å². The number of ether oxygens (including phenoxy) is 2. The molecule has 0 unspecified atom stereocenters. The first kappa shape index (κ1) is 26.7. The Morgan fingerprint density at radius 3 is 2.73 bits per heavy atom. The van der Waals surface area contributed by atoms with Gasteiger partial charge in [-0.15, -0.1) is 0 Å². The maximum atomic E-state index is 11.7. The van der Waals surface area contributed by atoms with Gasteiger partial charge in [0, 0.05) is 48.9 Å². The van der Waals surface area contributed by atoms with Crippen LogP contribution in [-0.2, 0) is 9.53 Å². The predicted molar refractivity (Wildman–Crippen MR) is 156 cm³/mol. The van der Waals surface area contributed by atoms with Gasteiger partial charge in [-0.2, -0.15) is 5.26 Å². The number of pyridine rings is 1. The maximum absolute atomic E-state index is 11.7. The van der Waals surface area contributed by atoms with E-state index < -0.39 is 6.61 Å². The van der Waals surface area contributed by atoms with Crippen molar-refractivity contribution < 1.29 is 19.4 Å². The molecular weight excluding hydrogens is 518 g/mol. The summed E-state index contributed by atoms with van der Waals surface area (Å²) in [6.07, 6.45) is 6.09. The maximum Gasteiger partial charge on any atom is 0.178 e. The van der Waals surface area contributed by atoms with Crippen LogP contribution in [-0.4, -0.2) is 64.9 Å². The number of carbonyl (C=O) groups is 1.